The number of hydrogen-bond donors (Lipinski definition) is 2. The molecule has 0 fully saturated rings. The van der Waals surface area contributed by atoms with Crippen molar-refractivity contribution >= 4 is 23.5 Å². The number of carboxylic acid groups (broad SMARTS) is 1. The molecule has 0 bridgehead atoms. The minimum Gasteiger partial charge on any atom is -0.480 e. The van der Waals surface area contributed by atoms with E-state index < -0.39 is 12.0 Å². The number of benzene rings is 1. The van der Waals surface area contributed by atoms with Crippen LogP contribution in [0.15, 0.2) is 24.3 Å². The summed E-state index contributed by atoms with van der Waals surface area (Å²) < 4.78 is 5.53. The monoisotopic (exact) mass is 355 g/mol. The molecule has 1 aromatic carbocycles. The molecule has 134 valence electrons. The summed E-state index contributed by atoms with van der Waals surface area (Å²) in [6.07, 6.45) is 0.722. The number of halogens is 1. The van der Waals surface area contributed by atoms with E-state index in [9.17, 15) is 14.7 Å². The molecule has 0 aliphatic rings. The Hall–Kier alpha value is -1.59. The third-order valence-corrected chi connectivity index (χ3v) is 3.67. The van der Waals surface area contributed by atoms with Gasteiger partial charge in [0.15, 0.2) is 0 Å². The van der Waals surface area contributed by atoms with Crippen LogP contribution in [0.4, 0.5) is 0 Å². The minimum absolute atomic E-state index is 0.224. The van der Waals surface area contributed by atoms with Crippen LogP contribution in [0.3, 0.4) is 0 Å². The van der Waals surface area contributed by atoms with E-state index in [4.69, 9.17) is 16.3 Å². The van der Waals surface area contributed by atoms with Crippen LogP contribution in [-0.2, 0) is 20.7 Å². The molecule has 2 atom stereocenters. The van der Waals surface area contributed by atoms with Crippen molar-refractivity contribution in [2.24, 2.45) is 5.92 Å². The van der Waals surface area contributed by atoms with Crippen LogP contribution in [0.1, 0.15) is 39.7 Å². The topological polar surface area (TPSA) is 75.6 Å². The van der Waals surface area contributed by atoms with Crippen molar-refractivity contribution in [1.82, 2.24) is 5.32 Å². The number of amides is 1. The van der Waals surface area contributed by atoms with Crippen molar-refractivity contribution in [3.05, 3.63) is 34.9 Å². The molecule has 0 aromatic heterocycles. The first-order chi connectivity index (χ1) is 11.1. The van der Waals surface area contributed by atoms with Gasteiger partial charge in [0.25, 0.3) is 0 Å². The fourth-order valence-corrected chi connectivity index (χ4v) is 2.38. The molecule has 5 nitrogen and oxygen atoms in total. The van der Waals surface area contributed by atoms with E-state index in [-0.39, 0.29) is 30.5 Å². The van der Waals surface area contributed by atoms with Gasteiger partial charge in [0.1, 0.15) is 6.04 Å². The zero-order valence-corrected chi connectivity index (χ0v) is 15.4. The number of ether oxygens (including phenoxy) is 1. The minimum atomic E-state index is -1.06. The van der Waals surface area contributed by atoms with Gasteiger partial charge in [-0.25, -0.2) is 4.79 Å². The number of rotatable bonds is 8. The van der Waals surface area contributed by atoms with Crippen molar-refractivity contribution < 1.29 is 19.4 Å². The zero-order chi connectivity index (χ0) is 18.3. The SMILES string of the molecule is CC(Cc1cccc(Cl)c1)C(=O)NC(CCOC(C)(C)C)C(=O)O. The molecule has 0 radical (unpaired) electrons. The number of carboxylic acids is 1. The summed E-state index contributed by atoms with van der Waals surface area (Å²) in [6, 6.07) is 6.33. The molecule has 0 aliphatic heterocycles. The van der Waals surface area contributed by atoms with Crippen LogP contribution in [0.25, 0.3) is 0 Å². The Labute approximate surface area is 148 Å². The molecule has 0 aliphatic carbocycles. The van der Waals surface area contributed by atoms with Crippen molar-refractivity contribution in [3.63, 3.8) is 0 Å². The first-order valence-corrected chi connectivity index (χ1v) is 8.38. The molecule has 0 saturated heterocycles. The number of carbonyl (C=O) groups excluding carboxylic acids is 1. The lowest BCUT2D eigenvalue weighted by atomic mass is 10.00. The Morgan fingerprint density at radius 3 is 2.54 bits per heavy atom. The van der Waals surface area contributed by atoms with Crippen LogP contribution < -0.4 is 5.32 Å². The van der Waals surface area contributed by atoms with Crippen molar-refractivity contribution in [1.29, 1.82) is 0 Å². The second-order valence-corrected chi connectivity index (χ2v) is 7.32. The quantitative estimate of drug-likeness (QED) is 0.750. The lowest BCUT2D eigenvalue weighted by Gasteiger charge is -2.22. The van der Waals surface area contributed by atoms with E-state index >= 15 is 0 Å². The van der Waals surface area contributed by atoms with E-state index in [1.807, 2.05) is 32.9 Å². The first kappa shape index (κ1) is 20.5. The second-order valence-electron chi connectivity index (χ2n) is 6.88. The fourth-order valence-electron chi connectivity index (χ4n) is 2.16. The Balaban J connectivity index is 2.56. The summed E-state index contributed by atoms with van der Waals surface area (Å²) in [5, 5.41) is 12.5. The van der Waals surface area contributed by atoms with Crippen molar-refractivity contribution in [2.75, 3.05) is 6.61 Å². The Morgan fingerprint density at radius 1 is 1.33 bits per heavy atom. The van der Waals surface area contributed by atoms with E-state index in [0.29, 0.717) is 11.4 Å². The maximum absolute atomic E-state index is 12.3. The third kappa shape index (κ3) is 7.79. The highest BCUT2D eigenvalue weighted by Gasteiger charge is 2.24. The summed E-state index contributed by atoms with van der Waals surface area (Å²) in [7, 11) is 0. The second kappa shape index (κ2) is 9.04. The molecule has 24 heavy (non-hydrogen) atoms. The van der Waals surface area contributed by atoms with Gasteiger partial charge >= 0.3 is 5.97 Å². The average molecular weight is 356 g/mol. The van der Waals surface area contributed by atoms with Gasteiger partial charge in [-0.2, -0.15) is 0 Å². The highest BCUT2D eigenvalue weighted by molar-refractivity contribution is 6.30. The van der Waals surface area contributed by atoms with Gasteiger partial charge in [-0.05, 0) is 44.9 Å². The summed E-state index contributed by atoms with van der Waals surface area (Å²) >= 11 is 5.94. The molecule has 1 amide bonds. The van der Waals surface area contributed by atoms with Gasteiger partial charge in [0.05, 0.1) is 5.60 Å². The summed E-state index contributed by atoms with van der Waals surface area (Å²) in [5.74, 6) is -1.71. The molecule has 1 rings (SSSR count). The van der Waals surface area contributed by atoms with Gasteiger partial charge in [0, 0.05) is 24.0 Å². The predicted octanol–water partition coefficient (Wildman–Crippen LogP) is 3.29. The summed E-state index contributed by atoms with van der Waals surface area (Å²) in [6.45, 7) is 7.72. The van der Waals surface area contributed by atoms with Crippen LogP contribution >= 0.6 is 11.6 Å². The normalized spacial score (nSPS) is 14.0. The lowest BCUT2D eigenvalue weighted by molar-refractivity contribution is -0.143. The summed E-state index contributed by atoms with van der Waals surface area (Å²) in [5.41, 5.74) is 0.598. The zero-order valence-electron chi connectivity index (χ0n) is 14.6. The van der Waals surface area contributed by atoms with Gasteiger partial charge in [-0.3, -0.25) is 4.79 Å². The lowest BCUT2D eigenvalue weighted by Crippen LogP contribution is -2.44. The maximum atomic E-state index is 12.3. The fraction of sp³-hybridized carbons (Fsp3) is 0.556. The largest absolute Gasteiger partial charge is 0.480 e. The molecule has 2 N–H and O–H groups in total. The number of aliphatic carboxylic acids is 1. The van der Waals surface area contributed by atoms with E-state index in [2.05, 4.69) is 5.32 Å². The maximum Gasteiger partial charge on any atom is 0.326 e. The number of carbonyl (C=O) groups is 2. The average Bonchev–Trinajstić information content (AvgIpc) is 2.44. The van der Waals surface area contributed by atoms with Gasteiger partial charge < -0.3 is 15.2 Å². The highest BCUT2D eigenvalue weighted by Crippen LogP contribution is 2.15. The van der Waals surface area contributed by atoms with Crippen molar-refractivity contribution in [2.45, 2.75) is 52.2 Å². The molecule has 6 heteroatoms. The summed E-state index contributed by atoms with van der Waals surface area (Å²) in [4.78, 5) is 23.6. The van der Waals surface area contributed by atoms with Gasteiger partial charge in [-0.15, -0.1) is 0 Å². The first-order valence-electron chi connectivity index (χ1n) is 8.00. The highest BCUT2D eigenvalue weighted by atomic mass is 35.5. The van der Waals surface area contributed by atoms with Crippen LogP contribution in [-0.4, -0.2) is 35.2 Å². The predicted molar refractivity (Wildman–Crippen MR) is 94.2 cm³/mol. The molecular weight excluding hydrogens is 330 g/mol. The Kier molecular flexibility index (Phi) is 7.70. The number of nitrogens with one attached hydrogen (secondary N) is 1. The van der Waals surface area contributed by atoms with Crippen LogP contribution in [0.2, 0.25) is 5.02 Å². The molecule has 1 aromatic rings. The standard InChI is InChI=1S/C18H26ClNO4/c1-12(10-13-6-5-7-14(19)11-13)16(21)20-15(17(22)23)8-9-24-18(2,3)4/h5-7,11-12,15H,8-10H2,1-4H3,(H,20,21)(H,22,23). The van der Waals surface area contributed by atoms with E-state index in [1.54, 1.807) is 19.1 Å². The molecular formula is C18H26ClNO4. The Morgan fingerprint density at radius 2 is 2.00 bits per heavy atom. The molecule has 0 spiro atoms. The van der Waals surface area contributed by atoms with E-state index in [0.717, 1.165) is 5.56 Å². The molecule has 2 unspecified atom stereocenters. The van der Waals surface area contributed by atoms with Crippen molar-refractivity contribution in [3.8, 4) is 0 Å². The smallest absolute Gasteiger partial charge is 0.326 e. The number of hydrogen-bond acceptors (Lipinski definition) is 3. The third-order valence-electron chi connectivity index (χ3n) is 3.43. The van der Waals surface area contributed by atoms with Gasteiger partial charge in [0.2, 0.25) is 5.91 Å². The molecule has 0 heterocycles. The van der Waals surface area contributed by atoms with E-state index in [1.165, 1.54) is 0 Å². The molecule has 0 saturated carbocycles. The van der Waals surface area contributed by atoms with Gasteiger partial charge in [-0.1, -0.05) is 30.7 Å². The Bertz CT molecular complexity index is 568. The van der Waals surface area contributed by atoms with Crippen LogP contribution in [0, 0.1) is 5.92 Å². The van der Waals surface area contributed by atoms with Crippen LogP contribution in [0.5, 0.6) is 0 Å².